The van der Waals surface area contributed by atoms with E-state index in [1.54, 1.807) is 10.6 Å². The number of rotatable bonds is 4. The summed E-state index contributed by atoms with van der Waals surface area (Å²) in [6, 6.07) is 9.67. The van der Waals surface area contributed by atoms with Crippen LogP contribution < -0.4 is 10.1 Å². The van der Waals surface area contributed by atoms with Crippen LogP contribution in [0.3, 0.4) is 0 Å². The van der Waals surface area contributed by atoms with Gasteiger partial charge in [-0.15, -0.1) is 0 Å². The number of hydrogen-bond acceptors (Lipinski definition) is 4. The van der Waals surface area contributed by atoms with Crippen LogP contribution in [-0.2, 0) is 0 Å². The number of pyridine rings is 1. The van der Waals surface area contributed by atoms with Crippen LogP contribution in [0.2, 0.25) is 0 Å². The molecule has 0 bridgehead atoms. The third-order valence-electron chi connectivity index (χ3n) is 4.55. The number of benzene rings is 2. The number of hydrogen-bond donors (Lipinski definition) is 2. The molecule has 2 aromatic heterocycles. The number of aromatic nitrogens is 2. The van der Waals surface area contributed by atoms with Gasteiger partial charge in [0.2, 0.25) is 0 Å². The van der Waals surface area contributed by atoms with Crippen LogP contribution in [0.1, 0.15) is 5.56 Å². The van der Waals surface area contributed by atoms with Gasteiger partial charge in [0, 0.05) is 23.5 Å². The van der Waals surface area contributed by atoms with Crippen molar-refractivity contribution in [1.82, 2.24) is 9.38 Å². The first kappa shape index (κ1) is 18.7. The Balaban J connectivity index is 1.94. The van der Waals surface area contributed by atoms with Crippen LogP contribution in [0.4, 0.5) is 24.7 Å². The largest absolute Gasteiger partial charge is 0.502 e. The topological polar surface area (TPSA) is 58.8 Å². The van der Waals surface area contributed by atoms with Crippen LogP contribution in [0.25, 0.3) is 16.9 Å². The van der Waals surface area contributed by atoms with Crippen molar-refractivity contribution >= 4 is 17.2 Å². The highest BCUT2D eigenvalue weighted by Crippen LogP contribution is 2.38. The highest BCUT2D eigenvalue weighted by atomic mass is 19.2. The summed E-state index contributed by atoms with van der Waals surface area (Å²) < 4.78 is 48.0. The lowest BCUT2D eigenvalue weighted by Gasteiger charge is -2.11. The van der Waals surface area contributed by atoms with Gasteiger partial charge in [0.05, 0.1) is 7.11 Å². The molecular formula is C21H16F3N3O2. The van der Waals surface area contributed by atoms with Crippen molar-refractivity contribution < 1.29 is 23.0 Å². The molecule has 5 nitrogen and oxygen atoms in total. The average Bonchev–Trinajstić information content (AvgIpc) is 3.06. The quantitative estimate of drug-likeness (QED) is 0.496. The van der Waals surface area contributed by atoms with E-state index in [1.807, 2.05) is 19.1 Å². The zero-order valence-corrected chi connectivity index (χ0v) is 15.5. The second-order valence-corrected chi connectivity index (χ2v) is 6.46. The fraction of sp³-hybridized carbons (Fsp3) is 0.0952. The van der Waals surface area contributed by atoms with Gasteiger partial charge in [0.1, 0.15) is 17.2 Å². The van der Waals surface area contributed by atoms with E-state index >= 15 is 0 Å². The fourth-order valence-corrected chi connectivity index (χ4v) is 3.10. The summed E-state index contributed by atoms with van der Waals surface area (Å²) in [5.74, 6) is -3.07. The minimum atomic E-state index is -1.00. The highest BCUT2D eigenvalue weighted by molar-refractivity contribution is 5.81. The van der Waals surface area contributed by atoms with Crippen LogP contribution in [0.5, 0.6) is 11.5 Å². The maximum atomic E-state index is 14.2. The predicted molar refractivity (Wildman–Crippen MR) is 103 cm³/mol. The summed E-state index contributed by atoms with van der Waals surface area (Å²) in [6.07, 6.45) is 1.75. The molecule has 0 atom stereocenters. The standard InChI is InChI=1S/C21H16F3N3O2/c1-11-4-3-7-27-20(11)26-18(12-8-16(24)19(28)17(9-12)29-2)21(27)25-13-5-6-14(22)15(23)10-13/h3-10,25,28H,1-2H3. The van der Waals surface area contributed by atoms with Gasteiger partial charge in [0.15, 0.2) is 29.0 Å². The van der Waals surface area contributed by atoms with Crippen molar-refractivity contribution in [3.05, 3.63) is 71.7 Å². The molecule has 0 unspecified atom stereocenters. The summed E-state index contributed by atoms with van der Waals surface area (Å²) in [5, 5.41) is 12.8. The molecule has 0 aliphatic carbocycles. The highest BCUT2D eigenvalue weighted by Gasteiger charge is 2.20. The van der Waals surface area contributed by atoms with Crippen LogP contribution in [0, 0.1) is 24.4 Å². The Morgan fingerprint density at radius 1 is 1.03 bits per heavy atom. The Hall–Kier alpha value is -3.68. The number of aryl methyl sites for hydroxylation is 1. The number of methoxy groups -OCH3 is 1. The zero-order valence-electron chi connectivity index (χ0n) is 15.5. The Bertz CT molecular complexity index is 1240. The summed E-state index contributed by atoms with van der Waals surface area (Å²) >= 11 is 0. The summed E-state index contributed by atoms with van der Waals surface area (Å²) in [6.45, 7) is 1.87. The van der Waals surface area contributed by atoms with E-state index in [-0.39, 0.29) is 5.75 Å². The summed E-state index contributed by atoms with van der Waals surface area (Å²) in [7, 11) is 1.31. The number of fused-ring (bicyclic) bond motifs is 1. The molecular weight excluding hydrogens is 383 g/mol. The Kier molecular flexibility index (Phi) is 4.54. The SMILES string of the molecule is COc1cc(-c2nc3c(C)cccn3c2Nc2ccc(F)c(F)c2)cc(F)c1O. The van der Waals surface area contributed by atoms with Gasteiger partial charge in [-0.2, -0.15) is 0 Å². The molecule has 2 N–H and O–H groups in total. The van der Waals surface area contributed by atoms with Gasteiger partial charge < -0.3 is 15.2 Å². The van der Waals surface area contributed by atoms with E-state index < -0.39 is 23.2 Å². The van der Waals surface area contributed by atoms with E-state index in [4.69, 9.17) is 4.74 Å². The number of phenols is 1. The molecule has 29 heavy (non-hydrogen) atoms. The Morgan fingerprint density at radius 3 is 2.55 bits per heavy atom. The van der Waals surface area contributed by atoms with E-state index in [9.17, 15) is 18.3 Å². The number of nitrogens with zero attached hydrogens (tertiary/aromatic N) is 2. The Labute approximate surface area is 164 Å². The van der Waals surface area contributed by atoms with E-state index in [2.05, 4.69) is 10.3 Å². The van der Waals surface area contributed by atoms with E-state index in [1.165, 1.54) is 19.2 Å². The molecule has 0 aliphatic rings. The number of nitrogens with one attached hydrogen (secondary N) is 1. The molecule has 2 heterocycles. The number of halogens is 3. The van der Waals surface area contributed by atoms with Gasteiger partial charge in [-0.1, -0.05) is 6.07 Å². The number of anilines is 2. The van der Waals surface area contributed by atoms with E-state index in [0.717, 1.165) is 23.8 Å². The summed E-state index contributed by atoms with van der Waals surface area (Å²) in [5.41, 5.74) is 2.43. The molecule has 0 aliphatic heterocycles. The lowest BCUT2D eigenvalue weighted by molar-refractivity contribution is 0.357. The molecule has 4 aromatic rings. The maximum absolute atomic E-state index is 14.2. The molecule has 0 radical (unpaired) electrons. The molecule has 0 saturated carbocycles. The first-order chi connectivity index (χ1) is 13.9. The lowest BCUT2D eigenvalue weighted by atomic mass is 10.1. The predicted octanol–water partition coefficient (Wildman–Crippen LogP) is 5.18. The minimum absolute atomic E-state index is 0.0486. The third-order valence-corrected chi connectivity index (χ3v) is 4.55. The van der Waals surface area contributed by atoms with Crippen LogP contribution >= 0.6 is 0 Å². The molecule has 2 aromatic carbocycles. The molecule has 0 spiro atoms. The van der Waals surface area contributed by atoms with E-state index in [0.29, 0.717) is 28.4 Å². The number of aromatic hydroxyl groups is 1. The van der Waals surface area contributed by atoms with Crippen molar-refractivity contribution in [2.24, 2.45) is 0 Å². The normalized spacial score (nSPS) is 11.1. The van der Waals surface area contributed by atoms with Crippen molar-refractivity contribution in [2.75, 3.05) is 12.4 Å². The van der Waals surface area contributed by atoms with Gasteiger partial charge in [-0.25, -0.2) is 18.2 Å². The van der Waals surface area contributed by atoms with Crippen LogP contribution in [0.15, 0.2) is 48.7 Å². The van der Waals surface area contributed by atoms with Crippen molar-refractivity contribution in [1.29, 1.82) is 0 Å². The van der Waals surface area contributed by atoms with Gasteiger partial charge in [-0.05, 0) is 42.8 Å². The fourth-order valence-electron chi connectivity index (χ4n) is 3.10. The molecule has 4 rings (SSSR count). The number of imidazole rings is 1. The minimum Gasteiger partial charge on any atom is -0.502 e. The monoisotopic (exact) mass is 399 g/mol. The van der Waals surface area contributed by atoms with Crippen molar-refractivity contribution in [3.8, 4) is 22.8 Å². The zero-order chi connectivity index (χ0) is 20.7. The molecule has 148 valence electrons. The molecule has 8 heteroatoms. The van der Waals surface area contributed by atoms with Gasteiger partial charge in [-0.3, -0.25) is 4.40 Å². The second-order valence-electron chi connectivity index (χ2n) is 6.46. The molecule has 0 amide bonds. The first-order valence-electron chi connectivity index (χ1n) is 8.65. The maximum Gasteiger partial charge on any atom is 0.194 e. The molecule has 0 fully saturated rings. The average molecular weight is 399 g/mol. The first-order valence-corrected chi connectivity index (χ1v) is 8.65. The smallest absolute Gasteiger partial charge is 0.194 e. The molecule has 0 saturated heterocycles. The van der Waals surface area contributed by atoms with Crippen molar-refractivity contribution in [2.45, 2.75) is 6.92 Å². The van der Waals surface area contributed by atoms with Gasteiger partial charge >= 0.3 is 0 Å². The second kappa shape index (κ2) is 7.05. The van der Waals surface area contributed by atoms with Crippen LogP contribution in [-0.4, -0.2) is 21.6 Å². The lowest BCUT2D eigenvalue weighted by Crippen LogP contribution is -1.99. The van der Waals surface area contributed by atoms with Crippen molar-refractivity contribution in [3.63, 3.8) is 0 Å². The van der Waals surface area contributed by atoms with Gasteiger partial charge in [0.25, 0.3) is 0 Å². The number of ether oxygens (including phenoxy) is 1. The Morgan fingerprint density at radius 2 is 1.83 bits per heavy atom. The summed E-state index contributed by atoms with van der Waals surface area (Å²) in [4.78, 5) is 4.59. The third kappa shape index (κ3) is 3.22. The number of phenolic OH excluding ortho intramolecular Hbond substituents is 1.